The van der Waals surface area contributed by atoms with Crippen molar-refractivity contribution < 1.29 is 9.90 Å². The molecule has 1 heterocycles. The second-order valence-corrected chi connectivity index (χ2v) is 4.61. The fraction of sp³-hybridized carbons (Fsp3) is 0.308. The van der Waals surface area contributed by atoms with E-state index in [4.69, 9.17) is 11.6 Å². The SMILES string of the molecule is CC1=CCCN(c2c(Cl)cccc2C(=O)O)C1. The normalized spacial score (nSPS) is 15.6. The molecule has 17 heavy (non-hydrogen) atoms. The maximum Gasteiger partial charge on any atom is 0.337 e. The summed E-state index contributed by atoms with van der Waals surface area (Å²) in [6.07, 6.45) is 3.10. The van der Waals surface area contributed by atoms with Crippen LogP contribution >= 0.6 is 11.6 Å². The van der Waals surface area contributed by atoms with E-state index in [-0.39, 0.29) is 5.56 Å². The number of anilines is 1. The van der Waals surface area contributed by atoms with Crippen molar-refractivity contribution >= 4 is 23.3 Å². The highest BCUT2D eigenvalue weighted by atomic mass is 35.5. The fourth-order valence-electron chi connectivity index (χ4n) is 2.11. The summed E-state index contributed by atoms with van der Waals surface area (Å²) in [6.45, 7) is 3.59. The van der Waals surface area contributed by atoms with Gasteiger partial charge < -0.3 is 10.0 Å². The van der Waals surface area contributed by atoms with Gasteiger partial charge in [0.15, 0.2) is 0 Å². The van der Waals surface area contributed by atoms with Crippen molar-refractivity contribution in [3.8, 4) is 0 Å². The average molecular weight is 252 g/mol. The molecule has 0 fully saturated rings. The van der Waals surface area contributed by atoms with Crippen LogP contribution < -0.4 is 4.90 Å². The molecule has 0 bridgehead atoms. The Morgan fingerprint density at radius 3 is 2.88 bits per heavy atom. The van der Waals surface area contributed by atoms with Crippen LogP contribution in [0.2, 0.25) is 5.02 Å². The topological polar surface area (TPSA) is 40.5 Å². The molecule has 0 aliphatic carbocycles. The number of rotatable bonds is 2. The number of halogens is 1. The van der Waals surface area contributed by atoms with E-state index < -0.39 is 5.97 Å². The van der Waals surface area contributed by atoms with Crippen LogP contribution in [0.15, 0.2) is 29.8 Å². The second-order valence-electron chi connectivity index (χ2n) is 4.20. The Kier molecular flexibility index (Phi) is 3.38. The molecule has 90 valence electrons. The van der Waals surface area contributed by atoms with E-state index >= 15 is 0 Å². The number of carbonyl (C=O) groups is 1. The number of nitrogens with zero attached hydrogens (tertiary/aromatic N) is 1. The molecular weight excluding hydrogens is 238 g/mol. The molecule has 0 spiro atoms. The highest BCUT2D eigenvalue weighted by Crippen LogP contribution is 2.31. The number of carboxylic acid groups (broad SMARTS) is 1. The summed E-state index contributed by atoms with van der Waals surface area (Å²) in [5.41, 5.74) is 2.15. The molecule has 1 N–H and O–H groups in total. The van der Waals surface area contributed by atoms with Crippen LogP contribution in [-0.2, 0) is 0 Å². The van der Waals surface area contributed by atoms with Crippen LogP contribution in [0.3, 0.4) is 0 Å². The minimum atomic E-state index is -0.935. The quantitative estimate of drug-likeness (QED) is 0.821. The molecule has 0 unspecified atom stereocenters. The number of para-hydroxylation sites is 1. The molecular formula is C13H14ClNO2. The van der Waals surface area contributed by atoms with E-state index in [2.05, 4.69) is 6.08 Å². The van der Waals surface area contributed by atoms with Crippen LogP contribution in [0, 0.1) is 0 Å². The summed E-state index contributed by atoms with van der Waals surface area (Å²) in [5.74, 6) is -0.935. The van der Waals surface area contributed by atoms with Gasteiger partial charge in [-0.15, -0.1) is 0 Å². The van der Waals surface area contributed by atoms with Gasteiger partial charge >= 0.3 is 5.97 Å². The third-order valence-corrected chi connectivity index (χ3v) is 3.17. The molecule has 0 aromatic heterocycles. The molecule has 0 amide bonds. The van der Waals surface area contributed by atoms with Crippen LogP contribution in [0.5, 0.6) is 0 Å². The van der Waals surface area contributed by atoms with Gasteiger partial charge in [-0.25, -0.2) is 4.79 Å². The van der Waals surface area contributed by atoms with Crippen LogP contribution in [0.1, 0.15) is 23.7 Å². The molecule has 4 heteroatoms. The van der Waals surface area contributed by atoms with E-state index in [0.29, 0.717) is 10.7 Å². The summed E-state index contributed by atoms with van der Waals surface area (Å²) in [6, 6.07) is 5.00. The first-order valence-electron chi connectivity index (χ1n) is 5.52. The lowest BCUT2D eigenvalue weighted by Gasteiger charge is -2.30. The molecule has 1 aliphatic heterocycles. The Labute approximate surface area is 105 Å². The predicted molar refractivity (Wildman–Crippen MR) is 69.0 cm³/mol. The Bertz CT molecular complexity index is 482. The third kappa shape index (κ3) is 2.44. The van der Waals surface area contributed by atoms with E-state index in [9.17, 15) is 9.90 Å². The van der Waals surface area contributed by atoms with Gasteiger partial charge in [-0.1, -0.05) is 29.3 Å². The zero-order valence-corrected chi connectivity index (χ0v) is 10.4. The summed E-state index contributed by atoms with van der Waals surface area (Å²) >= 11 is 6.13. The number of hydrogen-bond donors (Lipinski definition) is 1. The van der Waals surface area contributed by atoms with Crippen molar-refractivity contribution in [3.05, 3.63) is 40.4 Å². The Morgan fingerprint density at radius 2 is 2.24 bits per heavy atom. The third-order valence-electron chi connectivity index (χ3n) is 2.87. The summed E-state index contributed by atoms with van der Waals surface area (Å²) in [5, 5.41) is 9.69. The van der Waals surface area contributed by atoms with Gasteiger partial charge in [-0.05, 0) is 25.5 Å². The number of hydrogen-bond acceptors (Lipinski definition) is 2. The van der Waals surface area contributed by atoms with Crippen LogP contribution in [-0.4, -0.2) is 24.2 Å². The van der Waals surface area contributed by atoms with Gasteiger partial charge in [0, 0.05) is 13.1 Å². The zero-order chi connectivity index (χ0) is 12.4. The number of aromatic carboxylic acids is 1. The summed E-state index contributed by atoms with van der Waals surface area (Å²) in [7, 11) is 0. The van der Waals surface area contributed by atoms with Crippen molar-refractivity contribution in [1.82, 2.24) is 0 Å². The van der Waals surface area contributed by atoms with Gasteiger partial charge in [0.1, 0.15) is 0 Å². The standard InChI is InChI=1S/C13H14ClNO2/c1-9-4-3-7-15(8-9)12-10(13(16)17)5-2-6-11(12)14/h2,4-6H,3,7-8H2,1H3,(H,16,17). The largest absolute Gasteiger partial charge is 0.478 e. The van der Waals surface area contributed by atoms with Gasteiger partial charge in [-0.2, -0.15) is 0 Å². The van der Waals surface area contributed by atoms with Crippen molar-refractivity contribution in [2.45, 2.75) is 13.3 Å². The lowest BCUT2D eigenvalue weighted by molar-refractivity contribution is 0.0697. The molecule has 0 atom stereocenters. The van der Waals surface area contributed by atoms with Crippen molar-refractivity contribution in [2.75, 3.05) is 18.0 Å². The predicted octanol–water partition coefficient (Wildman–Crippen LogP) is 3.19. The monoisotopic (exact) mass is 251 g/mol. The van der Waals surface area contributed by atoms with Crippen LogP contribution in [0.25, 0.3) is 0 Å². The minimum Gasteiger partial charge on any atom is -0.478 e. The van der Waals surface area contributed by atoms with Crippen molar-refractivity contribution in [2.24, 2.45) is 0 Å². The van der Waals surface area contributed by atoms with Gasteiger partial charge in [0.05, 0.1) is 16.3 Å². The summed E-state index contributed by atoms with van der Waals surface area (Å²) < 4.78 is 0. The summed E-state index contributed by atoms with van der Waals surface area (Å²) in [4.78, 5) is 13.2. The first kappa shape index (κ1) is 12.0. The molecule has 3 nitrogen and oxygen atoms in total. The van der Waals surface area contributed by atoms with Gasteiger partial charge in [0.25, 0.3) is 0 Å². The Balaban J connectivity index is 2.43. The van der Waals surface area contributed by atoms with Crippen molar-refractivity contribution in [1.29, 1.82) is 0 Å². The van der Waals surface area contributed by atoms with Gasteiger partial charge in [0.2, 0.25) is 0 Å². The van der Waals surface area contributed by atoms with Crippen LogP contribution in [0.4, 0.5) is 5.69 Å². The highest BCUT2D eigenvalue weighted by molar-refractivity contribution is 6.34. The molecule has 1 aromatic rings. The Morgan fingerprint density at radius 1 is 1.47 bits per heavy atom. The number of benzene rings is 1. The van der Waals surface area contributed by atoms with Gasteiger partial charge in [-0.3, -0.25) is 0 Å². The zero-order valence-electron chi connectivity index (χ0n) is 9.61. The molecule has 0 saturated carbocycles. The number of carboxylic acids is 1. The van der Waals surface area contributed by atoms with E-state index in [1.54, 1.807) is 18.2 Å². The smallest absolute Gasteiger partial charge is 0.337 e. The maximum absolute atomic E-state index is 11.2. The first-order valence-corrected chi connectivity index (χ1v) is 5.90. The van der Waals surface area contributed by atoms with E-state index in [1.807, 2.05) is 11.8 Å². The average Bonchev–Trinajstić information content (AvgIpc) is 2.28. The molecule has 2 rings (SSSR count). The fourth-order valence-corrected chi connectivity index (χ4v) is 2.41. The molecule has 0 radical (unpaired) electrons. The van der Waals surface area contributed by atoms with E-state index in [0.717, 1.165) is 19.5 Å². The highest BCUT2D eigenvalue weighted by Gasteiger charge is 2.20. The molecule has 1 aliphatic rings. The van der Waals surface area contributed by atoms with Crippen molar-refractivity contribution in [3.63, 3.8) is 0 Å². The maximum atomic E-state index is 11.2. The lowest BCUT2D eigenvalue weighted by atomic mass is 10.1. The first-order chi connectivity index (χ1) is 8.09. The lowest BCUT2D eigenvalue weighted by Crippen LogP contribution is -2.30. The molecule has 0 saturated heterocycles. The minimum absolute atomic E-state index is 0.271. The second kappa shape index (κ2) is 4.80. The molecule has 1 aromatic carbocycles. The Hall–Kier alpha value is -1.48. The van der Waals surface area contributed by atoms with E-state index in [1.165, 1.54) is 5.57 Å².